The molecule has 0 bridgehead atoms. The lowest BCUT2D eigenvalue weighted by atomic mass is 10.00. The SMILES string of the molecule is C=CCN(C(=O)C(CCSC)NC(=O)OC(C)(C)C)C(C(=O)Nc1ccc2ccccc2c1)c1ccc(CC)cc1. The first-order valence-corrected chi connectivity index (χ1v) is 15.2. The minimum Gasteiger partial charge on any atom is -0.444 e. The van der Waals surface area contributed by atoms with Gasteiger partial charge in [0, 0.05) is 12.2 Å². The van der Waals surface area contributed by atoms with Gasteiger partial charge in [-0.2, -0.15) is 11.8 Å². The Kier molecular flexibility index (Phi) is 11.4. The van der Waals surface area contributed by atoms with Crippen LogP contribution in [0.25, 0.3) is 10.8 Å². The van der Waals surface area contributed by atoms with E-state index in [0.29, 0.717) is 23.4 Å². The molecule has 8 heteroatoms. The number of hydrogen-bond donors (Lipinski definition) is 2. The second-order valence-corrected chi connectivity index (χ2v) is 11.8. The molecule has 0 fully saturated rings. The number of aryl methyl sites for hydroxylation is 1. The van der Waals surface area contributed by atoms with E-state index in [4.69, 9.17) is 4.74 Å². The zero-order chi connectivity index (χ0) is 30.0. The fourth-order valence-electron chi connectivity index (χ4n) is 4.49. The van der Waals surface area contributed by atoms with Gasteiger partial charge in [-0.25, -0.2) is 4.79 Å². The predicted octanol–water partition coefficient (Wildman–Crippen LogP) is 6.74. The number of anilines is 1. The first kappa shape index (κ1) is 31.7. The number of thioether (sulfide) groups is 1. The van der Waals surface area contributed by atoms with Gasteiger partial charge in [0.05, 0.1) is 0 Å². The molecule has 0 aromatic heterocycles. The van der Waals surface area contributed by atoms with Crippen molar-refractivity contribution in [2.24, 2.45) is 0 Å². The number of alkyl carbamates (subject to hydrolysis) is 1. The fraction of sp³-hybridized carbons (Fsp3) is 0.364. The van der Waals surface area contributed by atoms with E-state index in [-0.39, 0.29) is 18.4 Å². The Bertz CT molecular complexity index is 1350. The average molecular weight is 576 g/mol. The number of rotatable bonds is 12. The smallest absolute Gasteiger partial charge is 0.408 e. The van der Waals surface area contributed by atoms with E-state index >= 15 is 0 Å². The van der Waals surface area contributed by atoms with Gasteiger partial charge in [0.2, 0.25) is 5.91 Å². The molecule has 0 radical (unpaired) electrons. The molecule has 3 aromatic carbocycles. The summed E-state index contributed by atoms with van der Waals surface area (Å²) in [5.41, 5.74) is 1.69. The molecule has 0 spiro atoms. The van der Waals surface area contributed by atoms with Crippen molar-refractivity contribution in [2.75, 3.05) is 23.9 Å². The van der Waals surface area contributed by atoms with Crippen molar-refractivity contribution in [3.63, 3.8) is 0 Å². The molecule has 2 N–H and O–H groups in total. The van der Waals surface area contributed by atoms with E-state index in [9.17, 15) is 14.4 Å². The quantitative estimate of drug-likeness (QED) is 0.234. The van der Waals surface area contributed by atoms with Gasteiger partial charge in [-0.05, 0) is 79.7 Å². The maximum atomic E-state index is 14.1. The number of ether oxygens (including phenoxy) is 1. The van der Waals surface area contributed by atoms with Gasteiger partial charge in [-0.3, -0.25) is 9.59 Å². The van der Waals surface area contributed by atoms with Crippen LogP contribution < -0.4 is 10.6 Å². The first-order valence-electron chi connectivity index (χ1n) is 13.8. The van der Waals surface area contributed by atoms with E-state index in [1.807, 2.05) is 73.0 Å². The Morgan fingerprint density at radius 2 is 1.71 bits per heavy atom. The van der Waals surface area contributed by atoms with Gasteiger partial charge in [0.1, 0.15) is 17.7 Å². The lowest BCUT2D eigenvalue weighted by molar-refractivity contribution is -0.140. The van der Waals surface area contributed by atoms with Crippen LogP contribution in [-0.2, 0) is 20.7 Å². The highest BCUT2D eigenvalue weighted by atomic mass is 32.2. The monoisotopic (exact) mass is 575 g/mol. The third-order valence-electron chi connectivity index (χ3n) is 6.49. The number of amides is 3. The number of carbonyl (C=O) groups is 3. The lowest BCUT2D eigenvalue weighted by Gasteiger charge is -2.34. The van der Waals surface area contributed by atoms with Crippen molar-refractivity contribution in [1.29, 1.82) is 0 Å². The van der Waals surface area contributed by atoms with Gasteiger partial charge >= 0.3 is 6.09 Å². The van der Waals surface area contributed by atoms with Gasteiger partial charge in [0.25, 0.3) is 5.91 Å². The molecule has 0 saturated heterocycles. The molecule has 0 aliphatic heterocycles. The normalized spacial score (nSPS) is 12.7. The fourth-order valence-corrected chi connectivity index (χ4v) is 4.96. The summed E-state index contributed by atoms with van der Waals surface area (Å²) < 4.78 is 5.44. The van der Waals surface area contributed by atoms with E-state index in [0.717, 1.165) is 22.8 Å². The van der Waals surface area contributed by atoms with Crippen molar-refractivity contribution in [3.05, 3.63) is 90.5 Å². The second-order valence-electron chi connectivity index (χ2n) is 10.8. The summed E-state index contributed by atoms with van der Waals surface area (Å²) in [6, 6.07) is 19.5. The lowest BCUT2D eigenvalue weighted by Crippen LogP contribution is -2.52. The van der Waals surface area contributed by atoms with Crippen molar-refractivity contribution in [1.82, 2.24) is 10.2 Å². The number of fused-ring (bicyclic) bond motifs is 1. The highest BCUT2D eigenvalue weighted by Gasteiger charge is 2.35. The van der Waals surface area contributed by atoms with Gasteiger partial charge in [0.15, 0.2) is 0 Å². The molecule has 0 saturated carbocycles. The van der Waals surface area contributed by atoms with E-state index < -0.39 is 23.8 Å². The Morgan fingerprint density at radius 1 is 1.02 bits per heavy atom. The predicted molar refractivity (Wildman–Crippen MR) is 169 cm³/mol. The summed E-state index contributed by atoms with van der Waals surface area (Å²) in [6.07, 6.45) is 4.07. The largest absolute Gasteiger partial charge is 0.444 e. The second kappa shape index (κ2) is 14.7. The maximum absolute atomic E-state index is 14.1. The summed E-state index contributed by atoms with van der Waals surface area (Å²) in [7, 11) is 0. The van der Waals surface area contributed by atoms with Crippen LogP contribution in [0.2, 0.25) is 0 Å². The average Bonchev–Trinajstić information content (AvgIpc) is 2.94. The molecule has 0 aliphatic carbocycles. The van der Waals surface area contributed by atoms with Crippen LogP contribution in [0.4, 0.5) is 10.5 Å². The molecule has 2 atom stereocenters. The minimum absolute atomic E-state index is 0.107. The maximum Gasteiger partial charge on any atom is 0.408 e. The molecular weight excluding hydrogens is 534 g/mol. The summed E-state index contributed by atoms with van der Waals surface area (Å²) in [4.78, 5) is 42.3. The molecule has 3 amide bonds. The zero-order valence-electron chi connectivity index (χ0n) is 24.6. The Morgan fingerprint density at radius 3 is 2.32 bits per heavy atom. The van der Waals surface area contributed by atoms with Crippen LogP contribution in [0.15, 0.2) is 79.4 Å². The van der Waals surface area contributed by atoms with Crippen molar-refractivity contribution in [2.45, 2.75) is 58.2 Å². The Hall–Kier alpha value is -3.78. The zero-order valence-corrected chi connectivity index (χ0v) is 25.4. The standard InChI is InChI=1S/C33H41N3O4S/c1-7-20-36(31(38)28(19-21-41-6)35-32(39)40-33(3,4)5)29(25-15-13-23(8-2)14-16-25)30(37)34-27-18-17-24-11-9-10-12-26(24)22-27/h7,9-18,22,28-29H,1,8,19-21H2,2-6H3,(H,34,37)(H,35,39). The van der Waals surface area contributed by atoms with Crippen LogP contribution in [0, 0.1) is 0 Å². The molecule has 218 valence electrons. The van der Waals surface area contributed by atoms with E-state index in [1.54, 1.807) is 38.6 Å². The van der Waals surface area contributed by atoms with Crippen molar-refractivity contribution < 1.29 is 19.1 Å². The van der Waals surface area contributed by atoms with Crippen molar-refractivity contribution >= 4 is 46.1 Å². The molecular formula is C33H41N3O4S. The molecule has 3 aromatic rings. The van der Waals surface area contributed by atoms with E-state index in [1.165, 1.54) is 4.90 Å². The summed E-state index contributed by atoms with van der Waals surface area (Å²) >= 11 is 1.57. The summed E-state index contributed by atoms with van der Waals surface area (Å²) in [5.74, 6) is -0.114. The molecule has 0 heterocycles. The first-order chi connectivity index (χ1) is 19.6. The van der Waals surface area contributed by atoms with Crippen LogP contribution in [0.1, 0.15) is 51.3 Å². The Balaban J connectivity index is 2.00. The Labute approximate surface area is 247 Å². The number of carbonyl (C=O) groups excluding carboxylic acids is 3. The molecule has 7 nitrogen and oxygen atoms in total. The molecule has 0 aliphatic rings. The third kappa shape index (κ3) is 9.11. The molecule has 41 heavy (non-hydrogen) atoms. The van der Waals surface area contributed by atoms with Gasteiger partial charge in [-0.1, -0.05) is 67.6 Å². The van der Waals surface area contributed by atoms with Gasteiger partial charge in [-0.15, -0.1) is 6.58 Å². The number of nitrogens with one attached hydrogen (secondary N) is 2. The van der Waals surface area contributed by atoms with Crippen LogP contribution in [0.5, 0.6) is 0 Å². The molecule has 3 rings (SSSR count). The topological polar surface area (TPSA) is 87.7 Å². The van der Waals surface area contributed by atoms with Crippen LogP contribution >= 0.6 is 11.8 Å². The number of benzene rings is 3. The highest BCUT2D eigenvalue weighted by molar-refractivity contribution is 7.98. The van der Waals surface area contributed by atoms with Gasteiger partial charge < -0.3 is 20.3 Å². The third-order valence-corrected chi connectivity index (χ3v) is 7.13. The van der Waals surface area contributed by atoms with Crippen LogP contribution in [0.3, 0.4) is 0 Å². The van der Waals surface area contributed by atoms with E-state index in [2.05, 4.69) is 24.1 Å². The van der Waals surface area contributed by atoms with Crippen molar-refractivity contribution in [3.8, 4) is 0 Å². The molecule has 2 unspecified atom stereocenters. The summed E-state index contributed by atoms with van der Waals surface area (Å²) in [6.45, 7) is 11.3. The summed E-state index contributed by atoms with van der Waals surface area (Å²) in [5, 5.41) is 7.83. The minimum atomic E-state index is -0.963. The highest BCUT2D eigenvalue weighted by Crippen LogP contribution is 2.27. The number of hydrogen-bond acceptors (Lipinski definition) is 5. The number of nitrogens with zero attached hydrogens (tertiary/aromatic N) is 1. The van der Waals surface area contributed by atoms with Crippen LogP contribution in [-0.4, -0.2) is 53.0 Å².